The minimum atomic E-state index is -0.160. The third kappa shape index (κ3) is 1.95. The Balaban J connectivity index is 1.70. The fourth-order valence-electron chi connectivity index (χ4n) is 3.68. The van der Waals surface area contributed by atoms with Crippen LogP contribution in [0.4, 0.5) is 0 Å². The number of hydrogen-bond donors (Lipinski definition) is 1. The average Bonchev–Trinajstić information content (AvgIpc) is 3.14. The molecule has 2 aliphatic carbocycles. The van der Waals surface area contributed by atoms with Crippen LogP contribution in [0.25, 0.3) is 0 Å². The molecule has 0 heterocycles. The van der Waals surface area contributed by atoms with Crippen molar-refractivity contribution in [3.8, 4) is 11.8 Å². The Hall–Kier alpha value is -1.26. The van der Waals surface area contributed by atoms with Crippen LogP contribution in [0.1, 0.15) is 43.2 Å². The molecule has 1 aromatic rings. The summed E-state index contributed by atoms with van der Waals surface area (Å²) in [5.74, 6) is 7.80. The highest BCUT2D eigenvalue weighted by molar-refractivity contribution is 5.39. The molecular formula is C17H20O. The van der Waals surface area contributed by atoms with Gasteiger partial charge in [-0.15, -0.1) is 11.8 Å². The molecule has 18 heavy (non-hydrogen) atoms. The first-order valence-electron chi connectivity index (χ1n) is 6.98. The number of hydrogen-bond acceptors (Lipinski definition) is 1. The normalized spacial score (nSPS) is 29.6. The van der Waals surface area contributed by atoms with Crippen LogP contribution in [0.15, 0.2) is 24.3 Å². The molecule has 0 radical (unpaired) electrons. The number of aryl methyl sites for hydroxylation is 1. The highest BCUT2D eigenvalue weighted by Crippen LogP contribution is 2.61. The molecule has 4 unspecified atom stereocenters. The van der Waals surface area contributed by atoms with Gasteiger partial charge in [0.2, 0.25) is 0 Å². The number of rotatable bonds is 3. The van der Waals surface area contributed by atoms with Crippen molar-refractivity contribution >= 4 is 0 Å². The number of aliphatic hydroxyl groups is 1. The van der Waals surface area contributed by atoms with E-state index in [9.17, 15) is 5.11 Å². The summed E-state index contributed by atoms with van der Waals surface area (Å²) in [7, 11) is 0. The Morgan fingerprint density at radius 2 is 2.22 bits per heavy atom. The molecule has 0 saturated heterocycles. The Morgan fingerprint density at radius 3 is 3.06 bits per heavy atom. The van der Waals surface area contributed by atoms with Gasteiger partial charge in [0.1, 0.15) is 0 Å². The molecule has 1 nitrogen and oxygen atoms in total. The van der Waals surface area contributed by atoms with E-state index < -0.39 is 0 Å². The van der Waals surface area contributed by atoms with Gasteiger partial charge in [-0.3, -0.25) is 0 Å². The van der Waals surface area contributed by atoms with Crippen molar-refractivity contribution in [1.29, 1.82) is 0 Å². The lowest BCUT2D eigenvalue weighted by atomic mass is 9.92. The van der Waals surface area contributed by atoms with E-state index in [0.717, 1.165) is 18.8 Å². The van der Waals surface area contributed by atoms with E-state index in [-0.39, 0.29) is 6.10 Å². The number of fused-ring (bicyclic) bond motifs is 3. The van der Waals surface area contributed by atoms with E-state index in [4.69, 9.17) is 0 Å². The Bertz CT molecular complexity index is 494. The smallest absolute Gasteiger partial charge is 0.0586 e. The fraction of sp³-hybridized carbons (Fsp3) is 0.529. The Morgan fingerprint density at radius 1 is 1.39 bits per heavy atom. The molecule has 0 amide bonds. The van der Waals surface area contributed by atoms with Crippen LogP contribution in [0, 0.1) is 23.7 Å². The van der Waals surface area contributed by atoms with Crippen molar-refractivity contribution in [3.63, 3.8) is 0 Å². The van der Waals surface area contributed by atoms with Gasteiger partial charge in [0.05, 0.1) is 6.10 Å². The van der Waals surface area contributed by atoms with Gasteiger partial charge in [-0.1, -0.05) is 24.3 Å². The lowest BCUT2D eigenvalue weighted by Gasteiger charge is -2.13. The molecule has 4 atom stereocenters. The minimum Gasteiger partial charge on any atom is -0.393 e. The molecule has 0 aromatic heterocycles. The van der Waals surface area contributed by atoms with Crippen molar-refractivity contribution in [2.45, 2.75) is 44.6 Å². The molecular weight excluding hydrogens is 220 g/mol. The lowest BCUT2D eigenvalue weighted by Crippen LogP contribution is -2.10. The third-order valence-corrected chi connectivity index (χ3v) is 4.58. The summed E-state index contributed by atoms with van der Waals surface area (Å²) in [5, 5.41) is 10.3. The SMILES string of the molecule is CC#CCCC(O)C1C2CCc3ccccc3C21. The van der Waals surface area contributed by atoms with E-state index in [1.807, 2.05) is 6.92 Å². The maximum Gasteiger partial charge on any atom is 0.0586 e. The van der Waals surface area contributed by atoms with E-state index in [1.165, 1.54) is 24.0 Å². The van der Waals surface area contributed by atoms with Crippen LogP contribution < -0.4 is 0 Å². The summed E-state index contributed by atoms with van der Waals surface area (Å²) in [4.78, 5) is 0. The first kappa shape index (κ1) is 11.8. The van der Waals surface area contributed by atoms with Gasteiger partial charge in [-0.2, -0.15) is 0 Å². The molecule has 1 heteroatoms. The summed E-state index contributed by atoms with van der Waals surface area (Å²) < 4.78 is 0. The van der Waals surface area contributed by atoms with Crippen LogP contribution >= 0.6 is 0 Å². The van der Waals surface area contributed by atoms with Gasteiger partial charge < -0.3 is 5.11 Å². The van der Waals surface area contributed by atoms with Gasteiger partial charge in [-0.25, -0.2) is 0 Å². The topological polar surface area (TPSA) is 20.2 Å². The standard InChI is InChI=1S/C17H20O/c1-2-3-4-9-15(18)17-14-11-10-12-7-5-6-8-13(12)16(14)17/h5-8,14-18H,4,9-11H2,1H3. The van der Waals surface area contributed by atoms with Gasteiger partial charge in [0.25, 0.3) is 0 Å². The molecule has 0 aliphatic heterocycles. The molecule has 1 fully saturated rings. The summed E-state index contributed by atoms with van der Waals surface area (Å²) in [6.07, 6.45) is 3.95. The summed E-state index contributed by atoms with van der Waals surface area (Å²) in [6.45, 7) is 1.86. The summed E-state index contributed by atoms with van der Waals surface area (Å²) in [6, 6.07) is 8.76. The van der Waals surface area contributed by atoms with Crippen molar-refractivity contribution < 1.29 is 5.11 Å². The monoisotopic (exact) mass is 240 g/mol. The second kappa shape index (κ2) is 4.78. The second-order valence-electron chi connectivity index (χ2n) is 5.54. The summed E-state index contributed by atoms with van der Waals surface area (Å²) in [5.41, 5.74) is 3.00. The van der Waals surface area contributed by atoms with Gasteiger partial charge in [-0.05, 0) is 55.1 Å². The largest absolute Gasteiger partial charge is 0.393 e. The highest BCUT2D eigenvalue weighted by atomic mass is 16.3. The van der Waals surface area contributed by atoms with E-state index in [0.29, 0.717) is 11.8 Å². The van der Waals surface area contributed by atoms with E-state index in [2.05, 4.69) is 36.1 Å². The van der Waals surface area contributed by atoms with Crippen LogP contribution in [-0.2, 0) is 6.42 Å². The predicted octanol–water partition coefficient (Wildman–Crippen LogP) is 3.13. The Labute approximate surface area is 109 Å². The first-order valence-corrected chi connectivity index (χ1v) is 6.98. The van der Waals surface area contributed by atoms with Crippen LogP contribution in [-0.4, -0.2) is 11.2 Å². The predicted molar refractivity (Wildman–Crippen MR) is 73.2 cm³/mol. The number of aliphatic hydroxyl groups excluding tert-OH is 1. The molecule has 1 saturated carbocycles. The minimum absolute atomic E-state index is 0.160. The van der Waals surface area contributed by atoms with Gasteiger partial charge in [0, 0.05) is 6.42 Å². The maximum absolute atomic E-state index is 10.3. The van der Waals surface area contributed by atoms with Gasteiger partial charge in [0.15, 0.2) is 0 Å². The van der Waals surface area contributed by atoms with E-state index in [1.54, 1.807) is 0 Å². The third-order valence-electron chi connectivity index (χ3n) is 4.58. The van der Waals surface area contributed by atoms with Crippen molar-refractivity contribution in [2.75, 3.05) is 0 Å². The molecule has 1 aromatic carbocycles. The zero-order valence-corrected chi connectivity index (χ0v) is 10.9. The maximum atomic E-state index is 10.3. The van der Waals surface area contributed by atoms with Crippen molar-refractivity contribution in [1.82, 2.24) is 0 Å². The molecule has 94 valence electrons. The molecule has 2 aliphatic rings. The molecule has 0 bridgehead atoms. The summed E-state index contributed by atoms with van der Waals surface area (Å²) >= 11 is 0. The lowest BCUT2D eigenvalue weighted by molar-refractivity contribution is 0.135. The van der Waals surface area contributed by atoms with E-state index >= 15 is 0 Å². The number of benzene rings is 1. The van der Waals surface area contributed by atoms with Gasteiger partial charge >= 0.3 is 0 Å². The van der Waals surface area contributed by atoms with Crippen molar-refractivity contribution in [2.24, 2.45) is 11.8 Å². The zero-order valence-electron chi connectivity index (χ0n) is 10.9. The van der Waals surface area contributed by atoms with Crippen LogP contribution in [0.5, 0.6) is 0 Å². The zero-order chi connectivity index (χ0) is 12.5. The fourth-order valence-corrected chi connectivity index (χ4v) is 3.68. The molecule has 1 N–H and O–H groups in total. The Kier molecular flexibility index (Phi) is 3.14. The first-order chi connectivity index (χ1) is 8.83. The quantitative estimate of drug-likeness (QED) is 0.805. The van der Waals surface area contributed by atoms with Crippen molar-refractivity contribution in [3.05, 3.63) is 35.4 Å². The van der Waals surface area contributed by atoms with Crippen LogP contribution in [0.3, 0.4) is 0 Å². The van der Waals surface area contributed by atoms with Crippen LogP contribution in [0.2, 0.25) is 0 Å². The highest BCUT2D eigenvalue weighted by Gasteiger charge is 2.55. The second-order valence-corrected chi connectivity index (χ2v) is 5.54. The molecule has 0 spiro atoms. The average molecular weight is 240 g/mol. The molecule has 3 rings (SSSR count).